The lowest BCUT2D eigenvalue weighted by molar-refractivity contribution is -0.136. The zero-order valence-corrected chi connectivity index (χ0v) is 18.3. The highest BCUT2D eigenvalue weighted by Gasteiger charge is 2.42. The van der Waals surface area contributed by atoms with Crippen LogP contribution in [0.15, 0.2) is 30.3 Å². The van der Waals surface area contributed by atoms with E-state index in [0.717, 1.165) is 42.1 Å². The summed E-state index contributed by atoms with van der Waals surface area (Å²) in [7, 11) is 0. The van der Waals surface area contributed by atoms with Gasteiger partial charge in [0.05, 0.1) is 12.5 Å². The number of rotatable bonds is 4. The van der Waals surface area contributed by atoms with Crippen LogP contribution in [0.1, 0.15) is 43.7 Å². The van der Waals surface area contributed by atoms with Gasteiger partial charge in [0.1, 0.15) is 17.0 Å². The summed E-state index contributed by atoms with van der Waals surface area (Å²) >= 11 is 0. The number of alkyl halides is 2. The number of carbonyl (C=O) groups excluding carboxylic acids is 1. The number of imidazole rings is 1. The molecule has 3 fully saturated rings. The summed E-state index contributed by atoms with van der Waals surface area (Å²) in [4.78, 5) is 33.7. The molecule has 3 aliphatic rings. The maximum absolute atomic E-state index is 13.6. The smallest absolute Gasteiger partial charge is 0.267 e. The molecule has 5 heterocycles. The highest BCUT2D eigenvalue weighted by atomic mass is 19.3. The van der Waals surface area contributed by atoms with Crippen LogP contribution in [0, 0.1) is 5.92 Å². The predicted octanol–water partition coefficient (Wildman–Crippen LogP) is 3.98. The van der Waals surface area contributed by atoms with Gasteiger partial charge in [-0.1, -0.05) is 6.07 Å². The van der Waals surface area contributed by atoms with Crippen LogP contribution in [0.25, 0.3) is 22.7 Å². The van der Waals surface area contributed by atoms with Crippen LogP contribution >= 0.6 is 0 Å². The van der Waals surface area contributed by atoms with Crippen molar-refractivity contribution in [3.05, 3.63) is 36.0 Å². The lowest BCUT2D eigenvalue weighted by Gasteiger charge is -2.34. The minimum atomic E-state index is -2.76. The number of halogens is 2. The molecule has 9 heteroatoms. The van der Waals surface area contributed by atoms with E-state index < -0.39 is 12.5 Å². The zero-order chi connectivity index (χ0) is 22.6. The van der Waals surface area contributed by atoms with E-state index in [-0.39, 0.29) is 24.8 Å². The predicted molar refractivity (Wildman–Crippen MR) is 120 cm³/mol. The largest absolute Gasteiger partial charge is 0.356 e. The van der Waals surface area contributed by atoms with Crippen molar-refractivity contribution in [2.75, 3.05) is 31.1 Å². The van der Waals surface area contributed by atoms with Gasteiger partial charge in [-0.15, -0.1) is 0 Å². The first-order valence-electron chi connectivity index (χ1n) is 11.7. The van der Waals surface area contributed by atoms with Crippen molar-refractivity contribution in [2.24, 2.45) is 5.92 Å². The molecule has 33 heavy (non-hydrogen) atoms. The molecule has 1 atom stereocenters. The van der Waals surface area contributed by atoms with Gasteiger partial charge in [0, 0.05) is 37.7 Å². The third-order valence-corrected chi connectivity index (χ3v) is 6.91. The highest BCUT2D eigenvalue weighted by molar-refractivity contribution is 5.81. The topological polar surface area (TPSA) is 78.0 Å². The molecular weight excluding hydrogens is 426 g/mol. The molecule has 1 aliphatic carbocycles. The molecule has 7 nitrogen and oxygen atoms in total. The number of amides is 1. The van der Waals surface area contributed by atoms with Crippen molar-refractivity contribution in [3.8, 4) is 11.5 Å². The van der Waals surface area contributed by atoms with Crippen LogP contribution in [0.3, 0.4) is 0 Å². The average molecular weight is 453 g/mol. The molecular formula is C24H26F2N6O. The van der Waals surface area contributed by atoms with Crippen LogP contribution in [0.2, 0.25) is 0 Å². The Kier molecular flexibility index (Phi) is 4.81. The second-order valence-corrected chi connectivity index (χ2v) is 9.50. The van der Waals surface area contributed by atoms with E-state index in [4.69, 9.17) is 9.97 Å². The molecule has 0 aromatic carbocycles. The number of anilines is 1. The van der Waals surface area contributed by atoms with Crippen molar-refractivity contribution in [3.63, 3.8) is 0 Å². The molecule has 1 saturated carbocycles. The Morgan fingerprint density at radius 2 is 1.94 bits per heavy atom. The van der Waals surface area contributed by atoms with Gasteiger partial charge in [-0.05, 0) is 49.9 Å². The molecule has 2 saturated heterocycles. The lowest BCUT2D eigenvalue weighted by Crippen LogP contribution is -2.45. The summed E-state index contributed by atoms with van der Waals surface area (Å²) in [6.45, 7) is 0.953. The van der Waals surface area contributed by atoms with E-state index in [9.17, 15) is 13.6 Å². The summed E-state index contributed by atoms with van der Waals surface area (Å²) in [5.74, 6) is -1.18. The first kappa shape index (κ1) is 20.5. The van der Waals surface area contributed by atoms with Crippen LogP contribution in [0.4, 0.5) is 14.6 Å². The quantitative estimate of drug-likeness (QED) is 0.648. The Labute approximate surface area is 190 Å². The molecule has 3 aromatic heterocycles. The molecule has 0 radical (unpaired) electrons. The van der Waals surface area contributed by atoms with Crippen molar-refractivity contribution in [1.82, 2.24) is 24.8 Å². The molecule has 2 aliphatic heterocycles. The molecule has 172 valence electrons. The Morgan fingerprint density at radius 1 is 1.06 bits per heavy atom. The van der Waals surface area contributed by atoms with E-state index >= 15 is 0 Å². The number of carbonyl (C=O) groups is 1. The van der Waals surface area contributed by atoms with E-state index in [0.29, 0.717) is 23.9 Å². The van der Waals surface area contributed by atoms with E-state index in [2.05, 4.69) is 20.9 Å². The Balaban J connectivity index is 1.20. The van der Waals surface area contributed by atoms with Gasteiger partial charge in [-0.2, -0.15) is 0 Å². The van der Waals surface area contributed by atoms with Crippen molar-refractivity contribution in [2.45, 2.75) is 43.9 Å². The Morgan fingerprint density at radius 3 is 2.73 bits per heavy atom. The summed E-state index contributed by atoms with van der Waals surface area (Å²) in [5, 5.41) is 0. The maximum atomic E-state index is 13.6. The fraction of sp³-hybridized carbons (Fsp3) is 0.500. The van der Waals surface area contributed by atoms with Gasteiger partial charge in [0.25, 0.3) is 5.92 Å². The van der Waals surface area contributed by atoms with E-state index in [1.54, 1.807) is 0 Å². The first-order valence-corrected chi connectivity index (χ1v) is 11.7. The average Bonchev–Trinajstić information content (AvgIpc) is 3.49. The number of hydrogen-bond acceptors (Lipinski definition) is 5. The monoisotopic (exact) mass is 452 g/mol. The van der Waals surface area contributed by atoms with Gasteiger partial charge < -0.3 is 14.8 Å². The molecule has 1 N–H and O–H groups in total. The van der Waals surface area contributed by atoms with Crippen molar-refractivity contribution < 1.29 is 13.6 Å². The number of fused-ring (bicyclic) bond motifs is 1. The molecule has 0 bridgehead atoms. The fourth-order valence-corrected chi connectivity index (χ4v) is 4.94. The Bertz CT molecular complexity index is 1210. The van der Waals surface area contributed by atoms with Gasteiger partial charge in [0.15, 0.2) is 11.5 Å². The normalized spacial score (nSPS) is 22.8. The fourth-order valence-electron chi connectivity index (χ4n) is 4.94. The minimum absolute atomic E-state index is 0.138. The summed E-state index contributed by atoms with van der Waals surface area (Å²) in [6, 6.07) is 9.88. The van der Waals surface area contributed by atoms with Crippen LogP contribution < -0.4 is 4.90 Å². The third kappa shape index (κ3) is 4.05. The SMILES string of the molecule is O=C([C@@H]1CCCN(c2ccc3nc(-c4cccc(C5CC5)n4)[nH]c3n2)C1)N1CCC(F)(F)C1. The minimum Gasteiger partial charge on any atom is -0.356 e. The number of likely N-dealkylation sites (tertiary alicyclic amines) is 1. The molecule has 0 unspecified atom stereocenters. The highest BCUT2D eigenvalue weighted by Crippen LogP contribution is 2.39. The molecule has 0 spiro atoms. The summed E-state index contributed by atoms with van der Waals surface area (Å²) in [5.41, 5.74) is 3.36. The number of nitrogens with zero attached hydrogens (tertiary/aromatic N) is 5. The number of pyridine rings is 2. The Hall–Kier alpha value is -3.10. The van der Waals surface area contributed by atoms with Crippen molar-refractivity contribution in [1.29, 1.82) is 0 Å². The third-order valence-electron chi connectivity index (χ3n) is 6.91. The van der Waals surface area contributed by atoms with Crippen molar-refractivity contribution >= 4 is 22.9 Å². The van der Waals surface area contributed by atoms with Crippen LogP contribution in [-0.2, 0) is 4.79 Å². The van der Waals surface area contributed by atoms with E-state index in [1.807, 2.05) is 24.3 Å². The zero-order valence-electron chi connectivity index (χ0n) is 18.3. The van der Waals surface area contributed by atoms with Gasteiger partial charge in [0.2, 0.25) is 5.91 Å². The number of H-pyrrole nitrogens is 1. The standard InChI is InChI=1S/C24H26F2N6O/c25-24(26)10-12-32(14-24)23(33)16-3-2-11-31(13-16)20-9-8-19-22(29-20)30-21(28-19)18-5-1-4-17(27-18)15-6-7-15/h1,4-5,8-9,15-16H,2-3,6-7,10-14H2,(H,28,29,30)/t16-/m1/s1. The lowest BCUT2D eigenvalue weighted by atomic mass is 9.96. The van der Waals surface area contributed by atoms with Crippen LogP contribution in [0.5, 0.6) is 0 Å². The number of aromatic amines is 1. The van der Waals surface area contributed by atoms with Gasteiger partial charge in [-0.25, -0.2) is 23.7 Å². The summed E-state index contributed by atoms with van der Waals surface area (Å²) in [6.07, 6.45) is 3.69. The second-order valence-electron chi connectivity index (χ2n) is 9.50. The number of aromatic nitrogens is 4. The molecule has 3 aromatic rings. The number of hydrogen-bond donors (Lipinski definition) is 1. The van der Waals surface area contributed by atoms with Gasteiger partial charge >= 0.3 is 0 Å². The second kappa shape index (κ2) is 7.74. The maximum Gasteiger partial charge on any atom is 0.267 e. The van der Waals surface area contributed by atoms with E-state index in [1.165, 1.54) is 17.7 Å². The molecule has 1 amide bonds. The summed E-state index contributed by atoms with van der Waals surface area (Å²) < 4.78 is 27.1. The number of piperidine rings is 1. The number of nitrogens with one attached hydrogen (secondary N) is 1. The van der Waals surface area contributed by atoms with Gasteiger partial charge in [-0.3, -0.25) is 4.79 Å². The first-order chi connectivity index (χ1) is 15.9. The molecule has 6 rings (SSSR count). The van der Waals surface area contributed by atoms with Crippen LogP contribution in [-0.4, -0.2) is 62.8 Å².